The second-order valence-corrected chi connectivity index (χ2v) is 4.95. The van der Waals surface area contributed by atoms with E-state index < -0.39 is 6.03 Å². The molecule has 0 radical (unpaired) electrons. The number of nitrogens with zero attached hydrogens (tertiary/aromatic N) is 1. The Kier molecular flexibility index (Phi) is 5.12. The molecule has 0 saturated carbocycles. The molecule has 0 atom stereocenters. The molecule has 2 rings (SSSR count). The molecule has 20 heavy (non-hydrogen) atoms. The van der Waals surface area contributed by atoms with Gasteiger partial charge >= 0.3 is 6.03 Å². The van der Waals surface area contributed by atoms with Gasteiger partial charge in [0.25, 0.3) is 0 Å². The highest BCUT2D eigenvalue weighted by Crippen LogP contribution is 2.15. The van der Waals surface area contributed by atoms with Gasteiger partial charge in [-0.3, -0.25) is 15.0 Å². The quantitative estimate of drug-likeness (QED) is 0.863. The molecule has 5 heteroatoms. The van der Waals surface area contributed by atoms with E-state index in [9.17, 15) is 9.59 Å². The smallest absolute Gasteiger partial charge is 0.321 e. The molecule has 0 aliphatic carbocycles. The Morgan fingerprint density at radius 3 is 2.30 bits per heavy atom. The van der Waals surface area contributed by atoms with Crippen LogP contribution in [0.5, 0.6) is 0 Å². The number of fused-ring (bicyclic) bond motifs is 1. The van der Waals surface area contributed by atoms with Crippen molar-refractivity contribution >= 4 is 11.9 Å². The summed E-state index contributed by atoms with van der Waals surface area (Å²) in [6.45, 7) is 4.29. The molecule has 3 amide bonds. The summed E-state index contributed by atoms with van der Waals surface area (Å²) in [6, 6.07) is 7.98. The summed E-state index contributed by atoms with van der Waals surface area (Å²) in [5.74, 6) is -0.248. The average Bonchev–Trinajstić information content (AvgIpc) is 2.62. The van der Waals surface area contributed by atoms with Gasteiger partial charge < -0.3 is 5.32 Å². The lowest BCUT2D eigenvalue weighted by Gasteiger charge is -2.18. The maximum Gasteiger partial charge on any atom is 0.321 e. The highest BCUT2D eigenvalue weighted by atomic mass is 16.2. The van der Waals surface area contributed by atoms with Crippen molar-refractivity contribution in [1.82, 2.24) is 15.5 Å². The Morgan fingerprint density at radius 2 is 1.75 bits per heavy atom. The van der Waals surface area contributed by atoms with Gasteiger partial charge in [0.05, 0.1) is 6.54 Å². The highest BCUT2D eigenvalue weighted by molar-refractivity contribution is 5.95. The normalized spacial score (nSPS) is 15.1. The molecule has 1 aliphatic heterocycles. The number of hydrogen-bond acceptors (Lipinski definition) is 3. The standard InChI is InChI=1S/C15H21N3O2/c1-2-16-15(20)17-14(19)11-18-9-7-12-5-3-4-6-13(12)8-10-18/h3-6H,2,7-11H2,1H3,(H2,16,17,19,20). The number of nitrogens with one attached hydrogen (secondary N) is 2. The Hall–Kier alpha value is -1.88. The minimum absolute atomic E-state index is 0.248. The van der Waals surface area contributed by atoms with Gasteiger partial charge in [-0.05, 0) is 30.9 Å². The molecule has 0 saturated heterocycles. The van der Waals surface area contributed by atoms with Crippen LogP contribution in [0.25, 0.3) is 0 Å². The molecular formula is C15H21N3O2. The molecule has 1 heterocycles. The van der Waals surface area contributed by atoms with Crippen molar-refractivity contribution in [3.63, 3.8) is 0 Å². The molecule has 1 aromatic carbocycles. The average molecular weight is 275 g/mol. The maximum atomic E-state index is 11.8. The van der Waals surface area contributed by atoms with Crippen LogP contribution in [0.4, 0.5) is 4.79 Å². The fourth-order valence-corrected chi connectivity index (χ4v) is 2.45. The van der Waals surface area contributed by atoms with E-state index in [2.05, 4.69) is 39.8 Å². The van der Waals surface area contributed by atoms with E-state index in [4.69, 9.17) is 0 Å². The Morgan fingerprint density at radius 1 is 1.15 bits per heavy atom. The molecule has 0 fully saturated rings. The lowest BCUT2D eigenvalue weighted by molar-refractivity contribution is -0.121. The number of imide groups is 1. The molecule has 0 unspecified atom stereocenters. The molecule has 2 N–H and O–H groups in total. The zero-order valence-corrected chi connectivity index (χ0v) is 11.8. The number of rotatable bonds is 3. The fraction of sp³-hybridized carbons (Fsp3) is 0.467. The van der Waals surface area contributed by atoms with Gasteiger partial charge in [0.1, 0.15) is 0 Å². The maximum absolute atomic E-state index is 11.8. The summed E-state index contributed by atoms with van der Waals surface area (Å²) < 4.78 is 0. The molecule has 1 aromatic rings. The summed E-state index contributed by atoms with van der Waals surface area (Å²) in [5.41, 5.74) is 2.72. The van der Waals surface area contributed by atoms with Crippen molar-refractivity contribution in [1.29, 1.82) is 0 Å². The predicted molar refractivity (Wildman–Crippen MR) is 77.5 cm³/mol. The first kappa shape index (κ1) is 14.5. The predicted octanol–water partition coefficient (Wildman–Crippen LogP) is 0.933. The largest absolute Gasteiger partial charge is 0.338 e. The summed E-state index contributed by atoms with van der Waals surface area (Å²) in [6.07, 6.45) is 1.90. The van der Waals surface area contributed by atoms with Crippen molar-refractivity contribution in [2.75, 3.05) is 26.2 Å². The van der Waals surface area contributed by atoms with Crippen LogP contribution >= 0.6 is 0 Å². The van der Waals surface area contributed by atoms with Crippen LogP contribution < -0.4 is 10.6 Å². The number of carbonyl (C=O) groups excluding carboxylic acids is 2. The topological polar surface area (TPSA) is 61.4 Å². The summed E-state index contributed by atoms with van der Waals surface area (Å²) in [4.78, 5) is 25.1. The molecule has 0 bridgehead atoms. The summed E-state index contributed by atoms with van der Waals surface area (Å²) in [7, 11) is 0. The zero-order valence-electron chi connectivity index (χ0n) is 11.8. The van der Waals surface area contributed by atoms with Gasteiger partial charge in [0, 0.05) is 19.6 Å². The van der Waals surface area contributed by atoms with Crippen molar-refractivity contribution in [2.45, 2.75) is 19.8 Å². The van der Waals surface area contributed by atoms with Crippen molar-refractivity contribution in [2.24, 2.45) is 0 Å². The number of carbonyl (C=O) groups is 2. The Bertz CT molecular complexity index is 461. The lowest BCUT2D eigenvalue weighted by atomic mass is 10.0. The highest BCUT2D eigenvalue weighted by Gasteiger charge is 2.16. The van der Waals surface area contributed by atoms with E-state index >= 15 is 0 Å². The minimum Gasteiger partial charge on any atom is -0.338 e. The Balaban J connectivity index is 1.84. The van der Waals surface area contributed by atoms with E-state index in [0.717, 1.165) is 25.9 Å². The van der Waals surface area contributed by atoms with Gasteiger partial charge in [0.2, 0.25) is 5.91 Å². The summed E-state index contributed by atoms with van der Waals surface area (Å²) in [5, 5.41) is 4.89. The number of amides is 3. The van der Waals surface area contributed by atoms with E-state index in [1.54, 1.807) is 0 Å². The zero-order chi connectivity index (χ0) is 14.4. The number of hydrogen-bond donors (Lipinski definition) is 2. The SMILES string of the molecule is CCNC(=O)NC(=O)CN1CCc2ccccc2CC1. The van der Waals surface area contributed by atoms with Crippen LogP contribution in [0.15, 0.2) is 24.3 Å². The molecular weight excluding hydrogens is 254 g/mol. The molecule has 1 aliphatic rings. The van der Waals surface area contributed by atoms with Crippen LogP contribution in [-0.4, -0.2) is 43.0 Å². The lowest BCUT2D eigenvalue weighted by Crippen LogP contribution is -2.45. The van der Waals surface area contributed by atoms with Gasteiger partial charge in [-0.15, -0.1) is 0 Å². The fourth-order valence-electron chi connectivity index (χ4n) is 2.45. The first-order valence-electron chi connectivity index (χ1n) is 7.06. The summed E-state index contributed by atoms with van der Waals surface area (Å²) >= 11 is 0. The third kappa shape index (κ3) is 4.06. The molecule has 0 spiro atoms. The molecule has 108 valence electrons. The first-order chi connectivity index (χ1) is 9.69. The number of benzene rings is 1. The van der Waals surface area contributed by atoms with Crippen LogP contribution in [0.2, 0.25) is 0 Å². The van der Waals surface area contributed by atoms with Gasteiger partial charge in [-0.2, -0.15) is 0 Å². The van der Waals surface area contributed by atoms with Crippen molar-refractivity contribution in [3.8, 4) is 0 Å². The van der Waals surface area contributed by atoms with Crippen molar-refractivity contribution in [3.05, 3.63) is 35.4 Å². The monoisotopic (exact) mass is 275 g/mol. The Labute approximate surface area is 119 Å². The van der Waals surface area contributed by atoms with Gasteiger partial charge in [0.15, 0.2) is 0 Å². The minimum atomic E-state index is -0.421. The van der Waals surface area contributed by atoms with Gasteiger partial charge in [-0.25, -0.2) is 4.79 Å². The second kappa shape index (κ2) is 7.05. The number of urea groups is 1. The van der Waals surface area contributed by atoms with Crippen LogP contribution in [-0.2, 0) is 17.6 Å². The van der Waals surface area contributed by atoms with E-state index in [0.29, 0.717) is 6.54 Å². The van der Waals surface area contributed by atoms with Crippen LogP contribution in [0, 0.1) is 0 Å². The first-order valence-corrected chi connectivity index (χ1v) is 7.06. The van der Waals surface area contributed by atoms with Crippen molar-refractivity contribution < 1.29 is 9.59 Å². The third-order valence-corrected chi connectivity index (χ3v) is 3.47. The van der Waals surface area contributed by atoms with E-state index in [-0.39, 0.29) is 12.5 Å². The van der Waals surface area contributed by atoms with E-state index in [1.165, 1.54) is 11.1 Å². The van der Waals surface area contributed by atoms with Gasteiger partial charge in [-0.1, -0.05) is 24.3 Å². The van der Waals surface area contributed by atoms with Crippen LogP contribution in [0.1, 0.15) is 18.1 Å². The van der Waals surface area contributed by atoms with E-state index in [1.807, 2.05) is 6.92 Å². The molecule has 5 nitrogen and oxygen atoms in total. The van der Waals surface area contributed by atoms with Crippen LogP contribution in [0.3, 0.4) is 0 Å². The third-order valence-electron chi connectivity index (χ3n) is 3.47. The second-order valence-electron chi connectivity index (χ2n) is 4.95. The molecule has 0 aromatic heterocycles.